The first-order valence-corrected chi connectivity index (χ1v) is 7.47. The largest absolute Gasteiger partial charge is 0.497 e. The number of esters is 1. The lowest BCUT2D eigenvalue weighted by Crippen LogP contribution is -2.42. The van der Waals surface area contributed by atoms with E-state index >= 15 is 0 Å². The van der Waals surface area contributed by atoms with E-state index in [1.54, 1.807) is 43.2 Å². The average molecular weight is 307 g/mol. The Morgan fingerprint density at radius 3 is 2.45 bits per heavy atom. The minimum Gasteiger partial charge on any atom is -0.497 e. The molecule has 0 aliphatic heterocycles. The summed E-state index contributed by atoms with van der Waals surface area (Å²) in [5.41, 5.74) is 0.553. The van der Waals surface area contributed by atoms with Gasteiger partial charge in [0.1, 0.15) is 5.75 Å². The Labute approximate surface area is 132 Å². The van der Waals surface area contributed by atoms with E-state index in [-0.39, 0.29) is 23.8 Å². The van der Waals surface area contributed by atoms with Crippen LogP contribution in [0.4, 0.5) is 0 Å². The van der Waals surface area contributed by atoms with Crippen LogP contribution in [0.5, 0.6) is 5.75 Å². The molecule has 0 N–H and O–H groups in total. The van der Waals surface area contributed by atoms with E-state index in [1.165, 1.54) is 7.11 Å². The number of ether oxygens (including phenoxy) is 2. The summed E-state index contributed by atoms with van der Waals surface area (Å²) >= 11 is 0. The van der Waals surface area contributed by atoms with Gasteiger partial charge in [-0.05, 0) is 31.5 Å². The molecule has 0 spiro atoms. The van der Waals surface area contributed by atoms with Gasteiger partial charge in [-0.25, -0.2) is 0 Å². The van der Waals surface area contributed by atoms with Gasteiger partial charge in [0, 0.05) is 18.2 Å². The van der Waals surface area contributed by atoms with Gasteiger partial charge in [-0.2, -0.15) is 0 Å². The number of rotatable bonds is 7. The van der Waals surface area contributed by atoms with E-state index in [0.717, 1.165) is 6.42 Å². The zero-order chi connectivity index (χ0) is 16.7. The summed E-state index contributed by atoms with van der Waals surface area (Å²) < 4.78 is 9.91. The molecule has 0 aliphatic rings. The fourth-order valence-electron chi connectivity index (χ4n) is 2.18. The number of carbonyl (C=O) groups is 2. The molecule has 0 heterocycles. The molecule has 0 radical (unpaired) electrons. The van der Waals surface area contributed by atoms with E-state index in [9.17, 15) is 9.59 Å². The van der Waals surface area contributed by atoms with Gasteiger partial charge in [-0.3, -0.25) is 9.59 Å². The number of amides is 1. The summed E-state index contributed by atoms with van der Waals surface area (Å²) in [4.78, 5) is 26.1. The van der Waals surface area contributed by atoms with Crippen LogP contribution in [-0.2, 0) is 9.53 Å². The van der Waals surface area contributed by atoms with Crippen LogP contribution in [0.1, 0.15) is 37.6 Å². The van der Waals surface area contributed by atoms with E-state index in [2.05, 4.69) is 0 Å². The lowest BCUT2D eigenvalue weighted by atomic mass is 10.1. The maximum atomic E-state index is 12.8. The van der Waals surface area contributed by atoms with Crippen LogP contribution in [0.3, 0.4) is 0 Å². The van der Waals surface area contributed by atoms with Crippen LogP contribution in [0.15, 0.2) is 24.3 Å². The van der Waals surface area contributed by atoms with Crippen LogP contribution < -0.4 is 4.74 Å². The normalized spacial score (nSPS) is 13.1. The molecular weight excluding hydrogens is 282 g/mol. The van der Waals surface area contributed by atoms with Gasteiger partial charge < -0.3 is 14.4 Å². The number of carbonyl (C=O) groups excluding carboxylic acids is 2. The molecule has 1 rings (SSSR count). The van der Waals surface area contributed by atoms with Gasteiger partial charge in [-0.15, -0.1) is 0 Å². The summed E-state index contributed by atoms with van der Waals surface area (Å²) in [6.07, 6.45) is 0.809. The van der Waals surface area contributed by atoms with Crippen molar-refractivity contribution in [3.63, 3.8) is 0 Å². The summed E-state index contributed by atoms with van der Waals surface area (Å²) in [7, 11) is 2.92. The molecule has 0 saturated heterocycles. The zero-order valence-corrected chi connectivity index (χ0v) is 14.0. The molecule has 0 aromatic heterocycles. The summed E-state index contributed by atoms with van der Waals surface area (Å²) in [6, 6.07) is 7.07. The van der Waals surface area contributed by atoms with E-state index in [0.29, 0.717) is 17.9 Å². The highest BCUT2D eigenvalue weighted by atomic mass is 16.5. The first-order valence-electron chi connectivity index (χ1n) is 7.47. The van der Waals surface area contributed by atoms with Gasteiger partial charge in [0.05, 0.1) is 20.1 Å². The predicted octanol–water partition coefficient (Wildman–Crippen LogP) is 2.75. The number of methoxy groups -OCH3 is 2. The molecular formula is C17H25NO4. The molecule has 5 nitrogen and oxygen atoms in total. The van der Waals surface area contributed by atoms with Crippen LogP contribution in [0, 0.1) is 5.92 Å². The van der Waals surface area contributed by atoms with Crippen molar-refractivity contribution in [1.29, 1.82) is 0 Å². The summed E-state index contributed by atoms with van der Waals surface area (Å²) in [6.45, 7) is 6.08. The molecule has 0 saturated carbocycles. The highest BCUT2D eigenvalue weighted by Crippen LogP contribution is 2.18. The first kappa shape index (κ1) is 18.0. The molecule has 0 aliphatic carbocycles. The second kappa shape index (κ2) is 8.41. The molecule has 0 fully saturated rings. The molecule has 1 amide bonds. The Kier molecular flexibility index (Phi) is 6.89. The lowest BCUT2D eigenvalue weighted by molar-refractivity contribution is -0.145. The van der Waals surface area contributed by atoms with Crippen LogP contribution in [0.25, 0.3) is 0 Å². The zero-order valence-electron chi connectivity index (χ0n) is 14.0. The van der Waals surface area contributed by atoms with Crippen molar-refractivity contribution >= 4 is 11.9 Å². The molecule has 2 atom stereocenters. The first-order chi connectivity index (χ1) is 10.4. The molecule has 1 aromatic rings. The SMILES string of the molecule is CCC(C)N(CC(C)C(=O)OC)C(=O)c1cccc(OC)c1. The molecule has 1 aromatic carbocycles. The van der Waals surface area contributed by atoms with Gasteiger partial charge >= 0.3 is 5.97 Å². The third-order valence-electron chi connectivity index (χ3n) is 3.77. The number of hydrogen-bond acceptors (Lipinski definition) is 4. The maximum Gasteiger partial charge on any atom is 0.310 e. The standard InChI is InChI=1S/C17H25NO4/c1-6-13(3)18(11-12(2)17(20)22-5)16(19)14-8-7-9-15(10-14)21-4/h7-10,12-13H,6,11H2,1-5H3. The quantitative estimate of drug-likeness (QED) is 0.727. The van der Waals surface area contributed by atoms with Crippen LogP contribution in [-0.4, -0.2) is 43.6 Å². The number of nitrogens with zero attached hydrogens (tertiary/aromatic N) is 1. The maximum absolute atomic E-state index is 12.8. The van der Waals surface area contributed by atoms with Gasteiger partial charge in [0.15, 0.2) is 0 Å². The summed E-state index contributed by atoms with van der Waals surface area (Å²) in [5.74, 6) is -0.153. The lowest BCUT2D eigenvalue weighted by Gasteiger charge is -2.30. The summed E-state index contributed by atoms with van der Waals surface area (Å²) in [5, 5.41) is 0. The van der Waals surface area contributed by atoms with Crippen molar-refractivity contribution in [2.75, 3.05) is 20.8 Å². The third-order valence-corrected chi connectivity index (χ3v) is 3.77. The fraction of sp³-hybridized carbons (Fsp3) is 0.529. The highest BCUT2D eigenvalue weighted by Gasteiger charge is 2.25. The molecule has 2 unspecified atom stereocenters. The Morgan fingerprint density at radius 2 is 1.91 bits per heavy atom. The smallest absolute Gasteiger partial charge is 0.310 e. The van der Waals surface area contributed by atoms with Crippen molar-refractivity contribution in [3.05, 3.63) is 29.8 Å². The molecule has 22 heavy (non-hydrogen) atoms. The van der Waals surface area contributed by atoms with Crippen LogP contribution in [0.2, 0.25) is 0 Å². The van der Waals surface area contributed by atoms with Gasteiger partial charge in [0.2, 0.25) is 0 Å². The third kappa shape index (κ3) is 4.48. The monoisotopic (exact) mass is 307 g/mol. The Morgan fingerprint density at radius 1 is 1.23 bits per heavy atom. The van der Waals surface area contributed by atoms with Gasteiger partial charge in [-0.1, -0.05) is 19.9 Å². The molecule has 0 bridgehead atoms. The highest BCUT2D eigenvalue weighted by molar-refractivity contribution is 5.95. The van der Waals surface area contributed by atoms with Gasteiger partial charge in [0.25, 0.3) is 5.91 Å². The average Bonchev–Trinajstić information content (AvgIpc) is 2.57. The second-order valence-electron chi connectivity index (χ2n) is 5.37. The van der Waals surface area contributed by atoms with E-state index < -0.39 is 0 Å². The minimum absolute atomic E-state index is 0.0332. The molecule has 122 valence electrons. The van der Waals surface area contributed by atoms with Crippen molar-refractivity contribution < 1.29 is 19.1 Å². The molecule has 5 heteroatoms. The Balaban J connectivity index is 3.00. The second-order valence-corrected chi connectivity index (χ2v) is 5.37. The predicted molar refractivity (Wildman–Crippen MR) is 85.0 cm³/mol. The number of hydrogen-bond donors (Lipinski definition) is 0. The Hall–Kier alpha value is -2.04. The minimum atomic E-state index is -0.367. The fourth-order valence-corrected chi connectivity index (χ4v) is 2.18. The van der Waals surface area contributed by atoms with Crippen LogP contribution >= 0.6 is 0 Å². The van der Waals surface area contributed by atoms with Crippen molar-refractivity contribution in [2.24, 2.45) is 5.92 Å². The van der Waals surface area contributed by atoms with E-state index in [1.807, 2.05) is 13.8 Å². The Bertz CT molecular complexity index is 515. The van der Waals surface area contributed by atoms with Crippen molar-refractivity contribution in [1.82, 2.24) is 4.90 Å². The topological polar surface area (TPSA) is 55.8 Å². The van der Waals surface area contributed by atoms with E-state index in [4.69, 9.17) is 9.47 Å². The number of benzene rings is 1. The van der Waals surface area contributed by atoms with Crippen molar-refractivity contribution in [2.45, 2.75) is 33.2 Å². The van der Waals surface area contributed by atoms with Crippen molar-refractivity contribution in [3.8, 4) is 5.75 Å².